The molecule has 1 aromatic carbocycles. The maximum absolute atomic E-state index is 17.4. The van der Waals surface area contributed by atoms with Crippen molar-refractivity contribution in [1.29, 1.82) is 0 Å². The number of oxazole rings is 1. The number of aromatic nitrogens is 6. The molecule has 3 aliphatic heterocycles. The van der Waals surface area contributed by atoms with Crippen molar-refractivity contribution in [2.24, 2.45) is 5.41 Å². The third kappa shape index (κ3) is 8.95. The Morgan fingerprint density at radius 3 is 2.57 bits per heavy atom. The van der Waals surface area contributed by atoms with Crippen molar-refractivity contribution in [3.63, 3.8) is 0 Å². The summed E-state index contributed by atoms with van der Waals surface area (Å²) in [6, 6.07) is 1.90. The number of benzene rings is 1. The summed E-state index contributed by atoms with van der Waals surface area (Å²) in [6.07, 6.45) is 13.6. The van der Waals surface area contributed by atoms with Crippen LogP contribution < -0.4 is 8.92 Å². The predicted octanol–water partition coefficient (Wildman–Crippen LogP) is 11.2. The summed E-state index contributed by atoms with van der Waals surface area (Å²) < 4.78 is 60.0. The molecule has 1 unspecified atom stereocenters. The number of hydrogen-bond acceptors (Lipinski definition) is 12. The molecular formula is C44H53ClF2IN8O5PS. The highest BCUT2D eigenvalue weighted by atomic mass is 127. The molecular weight excluding hydrogens is 984 g/mol. The van der Waals surface area contributed by atoms with Crippen LogP contribution in [0.1, 0.15) is 109 Å². The quantitative estimate of drug-likeness (QED) is 0.0454. The van der Waals surface area contributed by atoms with Crippen LogP contribution in [0.5, 0.6) is 11.9 Å². The lowest BCUT2D eigenvalue weighted by molar-refractivity contribution is -0.121. The van der Waals surface area contributed by atoms with Crippen LogP contribution in [0.4, 0.5) is 13.6 Å². The van der Waals surface area contributed by atoms with Gasteiger partial charge in [-0.2, -0.15) is 15.1 Å². The number of carbonyl (C=O) groups is 1. The number of likely N-dealkylation sites (tertiary alicyclic amines) is 1. The van der Waals surface area contributed by atoms with Gasteiger partial charge in [0.05, 0.1) is 47.3 Å². The summed E-state index contributed by atoms with van der Waals surface area (Å²) >= 11 is 10.6. The van der Waals surface area contributed by atoms with Gasteiger partial charge in [-0.3, -0.25) is 9.88 Å². The Labute approximate surface area is 390 Å². The second kappa shape index (κ2) is 17.9. The van der Waals surface area contributed by atoms with E-state index in [9.17, 15) is 4.79 Å². The van der Waals surface area contributed by atoms with Crippen molar-refractivity contribution in [3.05, 3.63) is 52.7 Å². The fraction of sp³-hybridized carbons (Fsp3) is 0.591. The number of halogens is 4. The molecule has 1 spiro atoms. The number of fused-ring (bicyclic) bond motifs is 3. The van der Waals surface area contributed by atoms with Gasteiger partial charge in [-0.05, 0) is 137 Å². The van der Waals surface area contributed by atoms with E-state index in [4.69, 9.17) is 34.7 Å². The van der Waals surface area contributed by atoms with Crippen molar-refractivity contribution in [1.82, 2.24) is 39.3 Å². The second-order valence-electron chi connectivity index (χ2n) is 18.7. The Morgan fingerprint density at radius 1 is 1.05 bits per heavy atom. The highest BCUT2D eigenvalue weighted by Crippen LogP contribution is 2.60. The molecule has 1 atom stereocenters. The Kier molecular flexibility index (Phi) is 12.8. The number of alkyl halides is 1. The molecule has 1 amide bonds. The van der Waals surface area contributed by atoms with E-state index in [1.54, 1.807) is 23.5 Å². The maximum atomic E-state index is 17.4. The number of pyridine rings is 1. The summed E-state index contributed by atoms with van der Waals surface area (Å²) in [7, 11) is 0. The zero-order valence-electron chi connectivity index (χ0n) is 36.1. The summed E-state index contributed by atoms with van der Waals surface area (Å²) in [5, 5.41) is 6.03. The first-order valence-electron chi connectivity index (χ1n) is 21.9. The predicted molar refractivity (Wildman–Crippen MR) is 250 cm³/mol. The summed E-state index contributed by atoms with van der Waals surface area (Å²) in [5.74, 6) is 0.781. The van der Waals surface area contributed by atoms with Crippen molar-refractivity contribution in [2.75, 3.05) is 38.5 Å². The van der Waals surface area contributed by atoms with Gasteiger partial charge in [0.1, 0.15) is 29.2 Å². The molecule has 5 aromatic rings. The minimum atomic E-state index is -1.75. The zero-order chi connectivity index (χ0) is 44.1. The minimum absolute atomic E-state index is 0.0302. The molecule has 1 aliphatic carbocycles. The van der Waals surface area contributed by atoms with E-state index in [0.29, 0.717) is 65.2 Å². The third-order valence-electron chi connectivity index (χ3n) is 13.1. The number of hydrogen-bond donors (Lipinski definition) is 0. The largest absolute Gasteiger partial charge is 0.461 e. The number of ether oxygens (including phenoxy) is 2. The number of piperidine rings is 1. The van der Waals surface area contributed by atoms with Gasteiger partial charge in [0.15, 0.2) is 11.5 Å². The lowest BCUT2D eigenvalue weighted by Gasteiger charge is -2.54. The zero-order valence-corrected chi connectivity index (χ0v) is 40.8. The van der Waals surface area contributed by atoms with Gasteiger partial charge in [0.25, 0.3) is 0 Å². The maximum Gasteiger partial charge on any atom is 0.410 e. The first kappa shape index (κ1) is 45.1. The van der Waals surface area contributed by atoms with Gasteiger partial charge in [0.2, 0.25) is 11.8 Å². The number of amides is 1. The normalized spacial score (nSPS) is 22.4. The fourth-order valence-corrected chi connectivity index (χ4v) is 12.7. The molecule has 63 heavy (non-hydrogen) atoms. The monoisotopic (exact) mass is 1040 g/mol. The Morgan fingerprint density at radius 2 is 1.83 bits per heavy atom. The molecule has 0 radical (unpaired) electrons. The molecule has 0 bridgehead atoms. The second-order valence-corrected chi connectivity index (χ2v) is 22.0. The molecule has 19 heteroatoms. The van der Waals surface area contributed by atoms with Gasteiger partial charge < -0.3 is 23.0 Å². The van der Waals surface area contributed by atoms with E-state index in [-0.39, 0.29) is 65.3 Å². The van der Waals surface area contributed by atoms with Crippen molar-refractivity contribution >= 4 is 80.0 Å². The molecule has 4 aliphatic rings. The average molecular weight is 1040 g/mol. The number of carbonyl (C=O) groups excluding carboxylic acids is 1. The van der Waals surface area contributed by atoms with Crippen LogP contribution in [0.25, 0.3) is 33.1 Å². The smallest absolute Gasteiger partial charge is 0.410 e. The lowest BCUT2D eigenvalue weighted by Crippen LogP contribution is -2.57. The average Bonchev–Trinajstić information content (AvgIpc) is 4.05. The van der Waals surface area contributed by atoms with Gasteiger partial charge in [0, 0.05) is 47.4 Å². The standard InChI is InChI=1S/C44H53ClF2IN8O5PS/c1-5-6-18-63-61-37-30-21-49-36(34(46)35(30)52-39(53-37)58-26-43-13-8-16-55(43)17-9-14-43)33-28(31(45)19-32-29(33)22-51-56(32)62-48)11-10-27-20-50-38(59-27)44(47)23-42(24-44)12-7-15-54(25-42)40(57)60-41(2,3)4/h19-22,62H,5-18,23-26H2,1-4H3. The summed E-state index contributed by atoms with van der Waals surface area (Å²) in [6.45, 7) is 11.2. The molecule has 1 saturated carbocycles. The molecule has 4 fully saturated rings. The highest BCUT2D eigenvalue weighted by Gasteiger charge is 2.60. The Bertz CT molecular complexity index is 2510. The SMILES string of the molecule is CCCCSOc1nc(OCC23CCCN2CCC3)nc2c(F)c(-c3c(CCc4cnc(C5(F)CC6(CCCN(C(=O)OC(C)(C)C)C6)C5)o4)c(Cl)cc4c3cnn4PI)ncc12. The number of rotatable bonds is 14. The summed E-state index contributed by atoms with van der Waals surface area (Å²) in [5.41, 5.74) is -0.843. The van der Waals surface area contributed by atoms with E-state index < -0.39 is 17.1 Å². The van der Waals surface area contributed by atoms with Crippen LogP contribution in [0.15, 0.2) is 29.1 Å². The van der Waals surface area contributed by atoms with Gasteiger partial charge in [-0.25, -0.2) is 23.0 Å². The van der Waals surface area contributed by atoms with E-state index in [2.05, 4.69) is 53.9 Å². The molecule has 3 saturated heterocycles. The van der Waals surface area contributed by atoms with E-state index in [1.165, 1.54) is 12.0 Å². The lowest BCUT2D eigenvalue weighted by atomic mass is 9.56. The Hall–Kier alpha value is -3.12. The molecule has 4 aromatic heterocycles. The van der Waals surface area contributed by atoms with Gasteiger partial charge in [-0.15, -0.1) is 0 Å². The fourth-order valence-electron chi connectivity index (χ4n) is 10.2. The van der Waals surface area contributed by atoms with Crippen LogP contribution in [0, 0.1) is 11.2 Å². The molecule has 9 rings (SSSR count). The van der Waals surface area contributed by atoms with Crippen molar-refractivity contribution < 1.29 is 31.6 Å². The van der Waals surface area contributed by atoms with Crippen LogP contribution in [-0.4, -0.2) is 95.1 Å². The first-order chi connectivity index (χ1) is 30.2. The number of nitrogens with zero attached hydrogens (tertiary/aromatic N) is 8. The topological polar surface area (TPSA) is 134 Å². The highest BCUT2D eigenvalue weighted by molar-refractivity contribution is 14.2. The number of aryl methyl sites for hydroxylation is 1. The third-order valence-corrected chi connectivity index (χ3v) is 16.0. The van der Waals surface area contributed by atoms with Crippen LogP contribution in [0.3, 0.4) is 0 Å². The van der Waals surface area contributed by atoms with Crippen molar-refractivity contribution in [2.45, 2.75) is 122 Å². The molecule has 338 valence electrons. The summed E-state index contributed by atoms with van der Waals surface area (Å²) in [4.78, 5) is 35.5. The van der Waals surface area contributed by atoms with Gasteiger partial charge in [-0.1, -0.05) is 24.9 Å². The van der Waals surface area contributed by atoms with Crippen LogP contribution in [-0.2, 0) is 23.2 Å². The van der Waals surface area contributed by atoms with E-state index in [0.717, 1.165) is 75.7 Å². The molecule has 7 heterocycles. The molecule has 0 N–H and O–H groups in total. The van der Waals surface area contributed by atoms with Crippen LogP contribution >= 0.6 is 52.1 Å². The number of unbranched alkanes of at least 4 members (excludes halogenated alkanes) is 1. The van der Waals surface area contributed by atoms with Crippen LogP contribution in [0.2, 0.25) is 5.02 Å². The van der Waals surface area contributed by atoms with E-state index in [1.807, 2.05) is 31.3 Å². The minimum Gasteiger partial charge on any atom is -0.461 e. The first-order valence-corrected chi connectivity index (χ1v) is 27.3. The van der Waals surface area contributed by atoms with E-state index >= 15 is 8.78 Å². The van der Waals surface area contributed by atoms with Crippen molar-refractivity contribution in [3.8, 4) is 23.1 Å². The molecule has 13 nitrogen and oxygen atoms in total. The van der Waals surface area contributed by atoms with Gasteiger partial charge >= 0.3 is 12.1 Å². The Balaban J connectivity index is 1.00.